The molecule has 0 saturated heterocycles. The van der Waals surface area contributed by atoms with Gasteiger partial charge in [-0.3, -0.25) is 0 Å². The van der Waals surface area contributed by atoms with Crippen LogP contribution in [0.1, 0.15) is 37.0 Å². The van der Waals surface area contributed by atoms with E-state index in [0.717, 1.165) is 18.4 Å². The molecule has 3 aromatic rings. The molecule has 140 valence electrons. The third kappa shape index (κ3) is 3.23. The van der Waals surface area contributed by atoms with E-state index in [4.69, 9.17) is 4.74 Å². The third-order valence-electron chi connectivity index (χ3n) is 6.00. The molecule has 0 heterocycles. The van der Waals surface area contributed by atoms with Gasteiger partial charge in [0.05, 0.1) is 11.6 Å². The van der Waals surface area contributed by atoms with Crippen LogP contribution in [0.2, 0.25) is 0 Å². The Labute approximate surface area is 169 Å². The molecule has 3 aromatic carbocycles. The first-order valence-corrected chi connectivity index (χ1v) is 10.2. The van der Waals surface area contributed by atoms with Gasteiger partial charge in [-0.25, -0.2) is 0 Å². The van der Waals surface area contributed by atoms with Crippen LogP contribution in [0.25, 0.3) is 22.3 Å². The van der Waals surface area contributed by atoms with Crippen molar-refractivity contribution in [2.45, 2.75) is 38.3 Å². The fourth-order valence-electron chi connectivity index (χ4n) is 4.13. The summed E-state index contributed by atoms with van der Waals surface area (Å²) in [5, 5.41) is 0. The minimum atomic E-state index is -0.509. The maximum absolute atomic E-state index is 6.38. The lowest BCUT2D eigenvalue weighted by Gasteiger charge is -2.31. The van der Waals surface area contributed by atoms with Gasteiger partial charge in [-0.1, -0.05) is 73.7 Å². The summed E-state index contributed by atoms with van der Waals surface area (Å²) in [6, 6.07) is 24.3. The van der Waals surface area contributed by atoms with Gasteiger partial charge < -0.3 is 4.74 Å². The Morgan fingerprint density at radius 1 is 0.964 bits per heavy atom. The van der Waals surface area contributed by atoms with Crippen molar-refractivity contribution >= 4 is 7.85 Å². The van der Waals surface area contributed by atoms with Crippen LogP contribution in [0.5, 0.6) is 0 Å². The molecule has 2 heteroatoms. The molecule has 0 amide bonds. The second kappa shape index (κ2) is 7.45. The van der Waals surface area contributed by atoms with Crippen molar-refractivity contribution in [3.8, 4) is 22.3 Å². The van der Waals surface area contributed by atoms with E-state index in [9.17, 15) is 0 Å². The van der Waals surface area contributed by atoms with Gasteiger partial charge in [-0.05, 0) is 64.8 Å². The zero-order chi connectivity index (χ0) is 19.7. The molecule has 28 heavy (non-hydrogen) atoms. The SMILES string of the molecule is BC(C=C)(OC(C)CC)c1ccc2c(c1)-c1ccccc1Cc1ccccc1-2. The second-order valence-electron chi connectivity index (χ2n) is 7.90. The van der Waals surface area contributed by atoms with Crippen LogP contribution in [0.15, 0.2) is 79.4 Å². The topological polar surface area (TPSA) is 9.23 Å². The predicted molar refractivity (Wildman–Crippen MR) is 121 cm³/mol. The first-order valence-electron chi connectivity index (χ1n) is 10.2. The molecule has 0 saturated carbocycles. The highest BCUT2D eigenvalue weighted by Crippen LogP contribution is 2.42. The normalized spacial score (nSPS) is 15.4. The first kappa shape index (κ1) is 18.8. The fourth-order valence-corrected chi connectivity index (χ4v) is 4.13. The smallest absolute Gasteiger partial charge is 0.154 e. The van der Waals surface area contributed by atoms with E-state index in [1.807, 2.05) is 6.08 Å². The molecule has 0 radical (unpaired) electrons. The zero-order valence-corrected chi connectivity index (χ0v) is 17.0. The molecule has 0 spiro atoms. The van der Waals surface area contributed by atoms with E-state index in [0.29, 0.717) is 0 Å². The van der Waals surface area contributed by atoms with Crippen molar-refractivity contribution in [2.24, 2.45) is 0 Å². The zero-order valence-electron chi connectivity index (χ0n) is 17.0. The van der Waals surface area contributed by atoms with Crippen LogP contribution < -0.4 is 0 Å². The number of hydrogen-bond acceptors (Lipinski definition) is 1. The summed E-state index contributed by atoms with van der Waals surface area (Å²) in [5.74, 6) is 0. The molecule has 1 aliphatic carbocycles. The summed E-state index contributed by atoms with van der Waals surface area (Å²) in [5.41, 5.74) is 8.59. The quantitative estimate of drug-likeness (QED) is 0.325. The number of hydrogen-bond donors (Lipinski definition) is 0. The van der Waals surface area contributed by atoms with Crippen LogP contribution in [0.3, 0.4) is 0 Å². The van der Waals surface area contributed by atoms with Gasteiger partial charge in [0.2, 0.25) is 0 Å². The van der Waals surface area contributed by atoms with E-state index in [-0.39, 0.29) is 6.10 Å². The van der Waals surface area contributed by atoms with Gasteiger partial charge >= 0.3 is 0 Å². The summed E-state index contributed by atoms with van der Waals surface area (Å²) in [4.78, 5) is 0. The molecule has 1 nitrogen and oxygen atoms in total. The predicted octanol–water partition coefficient (Wildman–Crippen LogP) is 5.71. The van der Waals surface area contributed by atoms with Crippen molar-refractivity contribution in [2.75, 3.05) is 0 Å². The lowest BCUT2D eigenvalue weighted by molar-refractivity contribution is -0.00740. The summed E-state index contributed by atoms with van der Waals surface area (Å²) >= 11 is 0. The minimum Gasteiger partial charge on any atom is -0.373 e. The average molecular weight is 366 g/mol. The number of fused-ring (bicyclic) bond motifs is 5. The van der Waals surface area contributed by atoms with Gasteiger partial charge in [0.15, 0.2) is 7.85 Å². The van der Waals surface area contributed by atoms with Crippen molar-refractivity contribution in [3.63, 3.8) is 0 Å². The number of benzene rings is 3. The summed E-state index contributed by atoms with van der Waals surface area (Å²) < 4.78 is 6.38. The highest BCUT2D eigenvalue weighted by molar-refractivity contribution is 6.16. The van der Waals surface area contributed by atoms with Gasteiger partial charge in [0.1, 0.15) is 0 Å². The molecule has 1 aliphatic rings. The van der Waals surface area contributed by atoms with Crippen molar-refractivity contribution in [3.05, 3.63) is 96.1 Å². The Hall–Kier alpha value is -2.58. The molecular weight excluding hydrogens is 339 g/mol. The molecular formula is C26H27BO. The Morgan fingerprint density at radius 2 is 1.57 bits per heavy atom. The van der Waals surface area contributed by atoms with Gasteiger partial charge in [-0.15, -0.1) is 6.58 Å². The van der Waals surface area contributed by atoms with Gasteiger partial charge in [0.25, 0.3) is 0 Å². The number of ether oxygens (including phenoxy) is 1. The lowest BCUT2D eigenvalue weighted by atomic mass is 9.74. The van der Waals surface area contributed by atoms with Crippen molar-refractivity contribution in [1.29, 1.82) is 0 Å². The van der Waals surface area contributed by atoms with Crippen LogP contribution >= 0.6 is 0 Å². The monoisotopic (exact) mass is 366 g/mol. The molecule has 4 rings (SSSR count). The van der Waals surface area contributed by atoms with E-state index in [2.05, 4.69) is 95.0 Å². The number of rotatable bonds is 5. The fraction of sp³-hybridized carbons (Fsp3) is 0.231. The summed E-state index contributed by atoms with van der Waals surface area (Å²) in [6.45, 7) is 8.36. The van der Waals surface area contributed by atoms with Gasteiger partial charge in [-0.2, -0.15) is 0 Å². The van der Waals surface area contributed by atoms with E-state index in [1.165, 1.54) is 33.4 Å². The maximum Gasteiger partial charge on any atom is 0.154 e. The van der Waals surface area contributed by atoms with Crippen molar-refractivity contribution < 1.29 is 4.74 Å². The molecule has 0 aliphatic heterocycles. The highest BCUT2D eigenvalue weighted by atomic mass is 16.5. The minimum absolute atomic E-state index is 0.176. The average Bonchev–Trinajstić information content (AvgIpc) is 2.87. The molecule has 0 aromatic heterocycles. The Bertz CT molecular complexity index is 1020. The maximum atomic E-state index is 6.38. The molecule has 2 atom stereocenters. The van der Waals surface area contributed by atoms with E-state index < -0.39 is 5.50 Å². The van der Waals surface area contributed by atoms with Crippen LogP contribution in [-0.4, -0.2) is 14.0 Å². The standard InChI is InChI=1S/C26H27BO/c1-4-18(3)28-26(27,5-2)21-14-15-24-22-12-8-6-10-19(22)16-20-11-7-9-13-23(20)25(24)17-21/h5-15,17-18H,2,4,16,27H2,1,3H3. The Kier molecular flexibility index (Phi) is 4.99. The van der Waals surface area contributed by atoms with E-state index >= 15 is 0 Å². The first-order chi connectivity index (χ1) is 13.6. The summed E-state index contributed by atoms with van der Waals surface area (Å²) in [6.07, 6.45) is 4.04. The van der Waals surface area contributed by atoms with Gasteiger partial charge in [0, 0.05) is 0 Å². The molecule has 2 unspecified atom stereocenters. The largest absolute Gasteiger partial charge is 0.373 e. The van der Waals surface area contributed by atoms with Crippen LogP contribution in [0, 0.1) is 0 Å². The summed E-state index contributed by atoms with van der Waals surface area (Å²) in [7, 11) is 2.12. The second-order valence-corrected chi connectivity index (χ2v) is 7.90. The molecule has 0 N–H and O–H groups in total. The molecule has 0 fully saturated rings. The third-order valence-corrected chi connectivity index (χ3v) is 6.00. The van der Waals surface area contributed by atoms with Crippen LogP contribution in [0.4, 0.5) is 0 Å². The molecule has 0 bridgehead atoms. The highest BCUT2D eigenvalue weighted by Gasteiger charge is 2.28. The Balaban J connectivity index is 1.93. The van der Waals surface area contributed by atoms with Crippen molar-refractivity contribution in [1.82, 2.24) is 0 Å². The van der Waals surface area contributed by atoms with E-state index in [1.54, 1.807) is 0 Å². The Morgan fingerprint density at radius 3 is 2.18 bits per heavy atom. The lowest BCUT2D eigenvalue weighted by Crippen LogP contribution is -2.31. The van der Waals surface area contributed by atoms with Crippen LogP contribution in [-0.2, 0) is 16.7 Å².